The minimum atomic E-state index is 1.14. The van der Waals surface area contributed by atoms with Crippen molar-refractivity contribution in [2.75, 3.05) is 25.4 Å². The molecule has 0 aliphatic carbocycles. The van der Waals surface area contributed by atoms with E-state index in [0.717, 1.165) is 5.75 Å². The lowest BCUT2D eigenvalue weighted by Gasteiger charge is -2.26. The van der Waals surface area contributed by atoms with Gasteiger partial charge in [-0.05, 0) is 70.0 Å². The van der Waals surface area contributed by atoms with Crippen molar-refractivity contribution in [2.45, 2.75) is 45.1 Å². The maximum absolute atomic E-state index is 4.90. The third kappa shape index (κ3) is 3.64. The molecule has 0 atom stereocenters. The van der Waals surface area contributed by atoms with E-state index in [-0.39, 0.29) is 0 Å². The average molecular weight is 314 g/mol. The Morgan fingerprint density at radius 1 is 1.00 bits per heavy atom. The highest BCUT2D eigenvalue weighted by Gasteiger charge is 2.11. The molecular formula is C19H26N2S. The summed E-state index contributed by atoms with van der Waals surface area (Å²) in [5.41, 5.74) is 5.13. The number of likely N-dealkylation sites (tertiary alicyclic amines) is 1. The molecule has 0 unspecified atom stereocenters. The Morgan fingerprint density at radius 3 is 2.55 bits per heavy atom. The van der Waals surface area contributed by atoms with Crippen LogP contribution in [0.4, 0.5) is 0 Å². The summed E-state index contributed by atoms with van der Waals surface area (Å²) in [6, 6.07) is 6.74. The minimum absolute atomic E-state index is 1.14. The Hall–Kier alpha value is -1.06. The quantitative estimate of drug-likeness (QED) is 0.758. The predicted molar refractivity (Wildman–Crippen MR) is 97.0 cm³/mol. The Bertz CT molecular complexity index is 660. The summed E-state index contributed by atoms with van der Waals surface area (Å²) in [6.45, 7) is 10.3. The van der Waals surface area contributed by atoms with Gasteiger partial charge in [0.1, 0.15) is 0 Å². The second kappa shape index (κ2) is 7.01. The molecule has 1 aromatic carbocycles. The number of fused-ring (bicyclic) bond motifs is 1. The first kappa shape index (κ1) is 15.8. The topological polar surface area (TPSA) is 16.1 Å². The number of aryl methyl sites for hydroxylation is 3. The standard InChI is InChI=1S/C19H26N2S/c1-14-11-16(3)19-17(12-14)15(2)13-18(20-19)22-10-9-21-7-5-4-6-8-21/h11-13H,4-10H2,1-3H3. The molecular weight excluding hydrogens is 288 g/mol. The molecule has 1 aromatic heterocycles. The van der Waals surface area contributed by atoms with Crippen molar-refractivity contribution in [1.82, 2.24) is 9.88 Å². The van der Waals surface area contributed by atoms with E-state index in [0.29, 0.717) is 0 Å². The Labute approximate surface area is 138 Å². The van der Waals surface area contributed by atoms with Gasteiger partial charge in [0.25, 0.3) is 0 Å². The summed E-state index contributed by atoms with van der Waals surface area (Å²) in [7, 11) is 0. The third-order valence-corrected chi connectivity index (χ3v) is 5.43. The minimum Gasteiger partial charge on any atom is -0.303 e. The fourth-order valence-electron chi connectivity index (χ4n) is 3.35. The molecule has 0 bridgehead atoms. The molecule has 118 valence electrons. The second-order valence-electron chi connectivity index (χ2n) is 6.51. The molecule has 3 rings (SSSR count). The van der Waals surface area contributed by atoms with Gasteiger partial charge in [0.15, 0.2) is 0 Å². The van der Waals surface area contributed by atoms with Crippen LogP contribution < -0.4 is 0 Å². The molecule has 1 fully saturated rings. The molecule has 0 radical (unpaired) electrons. The number of hydrogen-bond donors (Lipinski definition) is 0. The smallest absolute Gasteiger partial charge is 0.0970 e. The average Bonchev–Trinajstić information content (AvgIpc) is 2.50. The predicted octanol–water partition coefficient (Wildman–Crippen LogP) is 4.74. The van der Waals surface area contributed by atoms with Gasteiger partial charge < -0.3 is 4.90 Å². The van der Waals surface area contributed by atoms with Crippen LogP contribution in [0.1, 0.15) is 36.0 Å². The van der Waals surface area contributed by atoms with Gasteiger partial charge in [-0.3, -0.25) is 0 Å². The van der Waals surface area contributed by atoms with Crippen LogP contribution in [0, 0.1) is 20.8 Å². The summed E-state index contributed by atoms with van der Waals surface area (Å²) < 4.78 is 0. The van der Waals surface area contributed by atoms with Gasteiger partial charge in [-0.25, -0.2) is 4.98 Å². The second-order valence-corrected chi connectivity index (χ2v) is 7.62. The highest BCUT2D eigenvalue weighted by Crippen LogP contribution is 2.27. The molecule has 1 saturated heterocycles. The molecule has 0 spiro atoms. The number of pyridine rings is 1. The SMILES string of the molecule is Cc1cc(C)c2nc(SCCN3CCCCC3)cc(C)c2c1. The van der Waals surface area contributed by atoms with Crippen LogP contribution in [0.25, 0.3) is 10.9 Å². The van der Waals surface area contributed by atoms with E-state index in [2.05, 4.69) is 43.9 Å². The van der Waals surface area contributed by atoms with E-state index in [1.165, 1.54) is 71.5 Å². The molecule has 22 heavy (non-hydrogen) atoms. The Morgan fingerprint density at radius 2 is 1.77 bits per heavy atom. The highest BCUT2D eigenvalue weighted by atomic mass is 32.2. The van der Waals surface area contributed by atoms with Crippen LogP contribution in [0.2, 0.25) is 0 Å². The van der Waals surface area contributed by atoms with Crippen molar-refractivity contribution in [1.29, 1.82) is 0 Å². The van der Waals surface area contributed by atoms with Crippen molar-refractivity contribution >= 4 is 22.7 Å². The first-order chi connectivity index (χ1) is 10.6. The van der Waals surface area contributed by atoms with E-state index >= 15 is 0 Å². The lowest BCUT2D eigenvalue weighted by atomic mass is 10.0. The summed E-state index contributed by atoms with van der Waals surface area (Å²) in [5.74, 6) is 1.14. The van der Waals surface area contributed by atoms with E-state index in [9.17, 15) is 0 Å². The van der Waals surface area contributed by atoms with Crippen molar-refractivity contribution in [3.63, 3.8) is 0 Å². The van der Waals surface area contributed by atoms with Gasteiger partial charge in [-0.15, -0.1) is 11.8 Å². The molecule has 0 amide bonds. The molecule has 0 N–H and O–H groups in total. The van der Waals surface area contributed by atoms with Crippen molar-refractivity contribution < 1.29 is 0 Å². The van der Waals surface area contributed by atoms with Gasteiger partial charge in [-0.2, -0.15) is 0 Å². The van der Waals surface area contributed by atoms with Gasteiger partial charge in [-0.1, -0.05) is 18.1 Å². The van der Waals surface area contributed by atoms with Crippen LogP contribution >= 0.6 is 11.8 Å². The molecule has 1 aliphatic heterocycles. The molecule has 0 saturated carbocycles. The first-order valence-electron chi connectivity index (χ1n) is 8.37. The molecule has 3 heteroatoms. The van der Waals surface area contributed by atoms with Gasteiger partial charge in [0.2, 0.25) is 0 Å². The van der Waals surface area contributed by atoms with Crippen molar-refractivity contribution in [3.05, 3.63) is 34.9 Å². The van der Waals surface area contributed by atoms with Crippen LogP contribution in [-0.4, -0.2) is 35.3 Å². The van der Waals surface area contributed by atoms with Crippen molar-refractivity contribution in [2.24, 2.45) is 0 Å². The number of piperidine rings is 1. The maximum atomic E-state index is 4.90. The van der Waals surface area contributed by atoms with Crippen LogP contribution in [0.5, 0.6) is 0 Å². The normalized spacial score (nSPS) is 16.3. The number of aromatic nitrogens is 1. The van der Waals surface area contributed by atoms with Crippen molar-refractivity contribution in [3.8, 4) is 0 Å². The van der Waals surface area contributed by atoms with Gasteiger partial charge in [0, 0.05) is 17.7 Å². The molecule has 2 nitrogen and oxygen atoms in total. The zero-order valence-electron chi connectivity index (χ0n) is 14.0. The lowest BCUT2D eigenvalue weighted by molar-refractivity contribution is 0.242. The number of rotatable bonds is 4. The summed E-state index contributed by atoms with van der Waals surface area (Å²) in [4.78, 5) is 7.50. The zero-order valence-corrected chi connectivity index (χ0v) is 14.8. The first-order valence-corrected chi connectivity index (χ1v) is 9.36. The number of thioether (sulfide) groups is 1. The van der Waals surface area contributed by atoms with Gasteiger partial charge in [0.05, 0.1) is 10.5 Å². The summed E-state index contributed by atoms with van der Waals surface area (Å²) in [5, 5.41) is 2.48. The van der Waals surface area contributed by atoms with E-state index in [4.69, 9.17) is 4.98 Å². The van der Waals surface area contributed by atoms with E-state index < -0.39 is 0 Å². The van der Waals surface area contributed by atoms with E-state index in [1.54, 1.807) is 0 Å². The van der Waals surface area contributed by atoms with Crippen LogP contribution in [0.15, 0.2) is 23.2 Å². The highest BCUT2D eigenvalue weighted by molar-refractivity contribution is 7.99. The molecule has 2 aromatic rings. The maximum Gasteiger partial charge on any atom is 0.0970 e. The zero-order chi connectivity index (χ0) is 15.5. The summed E-state index contributed by atoms with van der Waals surface area (Å²) in [6.07, 6.45) is 4.15. The van der Waals surface area contributed by atoms with Gasteiger partial charge >= 0.3 is 0 Å². The largest absolute Gasteiger partial charge is 0.303 e. The molecule has 2 heterocycles. The summed E-state index contributed by atoms with van der Waals surface area (Å²) >= 11 is 1.90. The third-order valence-electron chi connectivity index (χ3n) is 4.54. The monoisotopic (exact) mass is 314 g/mol. The number of nitrogens with zero attached hydrogens (tertiary/aromatic N) is 2. The van der Waals surface area contributed by atoms with E-state index in [1.807, 2.05) is 11.8 Å². The fourth-order valence-corrected chi connectivity index (χ4v) is 4.33. The Balaban J connectivity index is 1.71. The molecule has 1 aliphatic rings. The number of hydrogen-bond acceptors (Lipinski definition) is 3. The van der Waals surface area contributed by atoms with Crippen LogP contribution in [-0.2, 0) is 0 Å². The fraction of sp³-hybridized carbons (Fsp3) is 0.526. The Kier molecular flexibility index (Phi) is 5.04. The number of benzene rings is 1. The van der Waals surface area contributed by atoms with Crippen LogP contribution in [0.3, 0.4) is 0 Å². The lowest BCUT2D eigenvalue weighted by Crippen LogP contribution is -2.31.